The van der Waals surface area contributed by atoms with Crippen LogP contribution in [0.4, 0.5) is 0 Å². The minimum Gasteiger partial charge on any atom is -0.493 e. The van der Waals surface area contributed by atoms with Crippen molar-refractivity contribution in [1.82, 2.24) is 15.2 Å². The maximum atomic E-state index is 5.41. The molecule has 0 amide bonds. The second kappa shape index (κ2) is 11.2. The van der Waals surface area contributed by atoms with Gasteiger partial charge in [0.1, 0.15) is 0 Å². The highest BCUT2D eigenvalue weighted by Crippen LogP contribution is 2.27. The lowest BCUT2D eigenvalue weighted by Gasteiger charge is -2.22. The summed E-state index contributed by atoms with van der Waals surface area (Å²) < 4.78 is 10.7. The first-order valence-electron chi connectivity index (χ1n) is 10.4. The molecule has 0 radical (unpaired) electrons. The number of methoxy groups -OCH3 is 2. The van der Waals surface area contributed by atoms with Crippen LogP contribution in [0.2, 0.25) is 0 Å². The van der Waals surface area contributed by atoms with Crippen molar-refractivity contribution in [2.75, 3.05) is 40.9 Å². The Labute approximate surface area is 185 Å². The molecule has 1 aromatic carbocycles. The van der Waals surface area contributed by atoms with E-state index < -0.39 is 0 Å². The number of aliphatic imine (C=N–C) groups is 1. The van der Waals surface area contributed by atoms with Crippen molar-refractivity contribution in [3.05, 3.63) is 39.8 Å². The van der Waals surface area contributed by atoms with E-state index >= 15 is 0 Å². The highest BCUT2D eigenvalue weighted by Gasteiger charge is 2.17. The number of ether oxygens (including phenoxy) is 2. The van der Waals surface area contributed by atoms with E-state index in [0.29, 0.717) is 0 Å². The monoisotopic (exact) mass is 432 g/mol. The summed E-state index contributed by atoms with van der Waals surface area (Å²) in [5.74, 6) is 2.43. The van der Waals surface area contributed by atoms with E-state index in [9.17, 15) is 0 Å². The topological polar surface area (TPSA) is 59.0 Å². The SMILES string of the molecule is CCNC(=NCCc1nc(C(C)(C)C)cs1)N(C)CCc1ccc(OC)c(OC)c1. The molecule has 0 saturated heterocycles. The Hall–Kier alpha value is -2.28. The minimum atomic E-state index is 0.0945. The molecule has 0 spiro atoms. The van der Waals surface area contributed by atoms with Gasteiger partial charge in [0.25, 0.3) is 0 Å². The quantitative estimate of drug-likeness (QED) is 0.477. The second-order valence-corrected chi connectivity index (χ2v) is 9.17. The number of nitrogens with zero attached hydrogens (tertiary/aromatic N) is 3. The maximum absolute atomic E-state index is 5.41. The van der Waals surface area contributed by atoms with Gasteiger partial charge in [-0.3, -0.25) is 4.99 Å². The average molecular weight is 433 g/mol. The Bertz CT molecular complexity index is 827. The van der Waals surface area contributed by atoms with Crippen molar-refractivity contribution < 1.29 is 9.47 Å². The molecule has 0 unspecified atom stereocenters. The highest BCUT2D eigenvalue weighted by molar-refractivity contribution is 7.09. The summed E-state index contributed by atoms with van der Waals surface area (Å²) in [5, 5.41) is 6.70. The molecule has 0 saturated carbocycles. The number of likely N-dealkylation sites (N-methyl/N-ethyl adjacent to an activating group) is 1. The van der Waals surface area contributed by atoms with E-state index in [4.69, 9.17) is 19.5 Å². The lowest BCUT2D eigenvalue weighted by atomic mass is 9.93. The van der Waals surface area contributed by atoms with E-state index in [1.165, 1.54) is 5.56 Å². The molecule has 2 rings (SSSR count). The molecular weight excluding hydrogens is 396 g/mol. The minimum absolute atomic E-state index is 0.0945. The molecule has 1 heterocycles. The summed E-state index contributed by atoms with van der Waals surface area (Å²) in [6.07, 6.45) is 1.75. The Morgan fingerprint density at radius 3 is 2.50 bits per heavy atom. The van der Waals surface area contributed by atoms with Crippen LogP contribution in [0, 0.1) is 0 Å². The number of benzene rings is 1. The first-order valence-corrected chi connectivity index (χ1v) is 11.3. The molecular formula is C23H36N4O2S. The first kappa shape index (κ1) is 24.0. The van der Waals surface area contributed by atoms with Gasteiger partial charge >= 0.3 is 0 Å². The van der Waals surface area contributed by atoms with Crippen molar-refractivity contribution >= 4 is 17.3 Å². The summed E-state index contributed by atoms with van der Waals surface area (Å²) in [6.45, 7) is 11.1. The number of aromatic nitrogens is 1. The number of hydrogen-bond donors (Lipinski definition) is 1. The largest absolute Gasteiger partial charge is 0.493 e. The van der Waals surface area contributed by atoms with Crippen LogP contribution in [-0.2, 0) is 18.3 Å². The summed E-state index contributed by atoms with van der Waals surface area (Å²) in [7, 11) is 5.39. The zero-order chi connectivity index (χ0) is 22.1. The van der Waals surface area contributed by atoms with Gasteiger partial charge in [0.15, 0.2) is 17.5 Å². The van der Waals surface area contributed by atoms with Crippen molar-refractivity contribution in [3.63, 3.8) is 0 Å². The summed E-state index contributed by atoms with van der Waals surface area (Å²) in [4.78, 5) is 11.7. The Morgan fingerprint density at radius 1 is 1.17 bits per heavy atom. The maximum Gasteiger partial charge on any atom is 0.193 e. The molecule has 7 heteroatoms. The number of hydrogen-bond acceptors (Lipinski definition) is 5. The molecule has 1 N–H and O–H groups in total. The van der Waals surface area contributed by atoms with Gasteiger partial charge in [-0.25, -0.2) is 4.98 Å². The number of rotatable bonds is 9. The van der Waals surface area contributed by atoms with Gasteiger partial charge in [0, 0.05) is 43.9 Å². The fraction of sp³-hybridized carbons (Fsp3) is 0.565. The van der Waals surface area contributed by atoms with E-state index in [-0.39, 0.29) is 5.41 Å². The fourth-order valence-corrected chi connectivity index (χ4v) is 3.95. The third-order valence-electron chi connectivity index (χ3n) is 4.79. The van der Waals surface area contributed by atoms with Crippen molar-refractivity contribution in [1.29, 1.82) is 0 Å². The Balaban J connectivity index is 1.95. The third kappa shape index (κ3) is 6.90. The van der Waals surface area contributed by atoms with E-state index in [1.54, 1.807) is 25.6 Å². The molecule has 30 heavy (non-hydrogen) atoms. The third-order valence-corrected chi connectivity index (χ3v) is 5.70. The van der Waals surface area contributed by atoms with Gasteiger partial charge in [-0.15, -0.1) is 11.3 Å². The normalized spacial score (nSPS) is 12.0. The first-order chi connectivity index (χ1) is 14.3. The molecule has 1 aromatic heterocycles. The van der Waals surface area contributed by atoms with Crippen molar-refractivity contribution in [3.8, 4) is 11.5 Å². The van der Waals surface area contributed by atoms with Crippen LogP contribution in [0.1, 0.15) is 44.0 Å². The molecule has 0 atom stereocenters. The molecule has 0 fully saturated rings. The smallest absolute Gasteiger partial charge is 0.193 e. The van der Waals surface area contributed by atoms with E-state index in [0.717, 1.165) is 60.6 Å². The average Bonchev–Trinajstić information content (AvgIpc) is 3.20. The van der Waals surface area contributed by atoms with E-state index in [2.05, 4.69) is 56.4 Å². The lowest BCUT2D eigenvalue weighted by Crippen LogP contribution is -2.40. The number of thiazole rings is 1. The van der Waals surface area contributed by atoms with Crippen LogP contribution in [0.5, 0.6) is 11.5 Å². The van der Waals surface area contributed by atoms with Gasteiger partial charge in [0.2, 0.25) is 0 Å². The molecule has 0 aliphatic carbocycles. The Morgan fingerprint density at radius 2 is 1.90 bits per heavy atom. The Kier molecular flexibility index (Phi) is 8.96. The van der Waals surface area contributed by atoms with E-state index in [1.807, 2.05) is 12.1 Å². The van der Waals surface area contributed by atoms with Crippen LogP contribution >= 0.6 is 11.3 Å². The number of nitrogens with one attached hydrogen (secondary N) is 1. The van der Waals surface area contributed by atoms with Gasteiger partial charge < -0.3 is 19.7 Å². The zero-order valence-electron chi connectivity index (χ0n) is 19.4. The molecule has 6 nitrogen and oxygen atoms in total. The van der Waals surface area contributed by atoms with Crippen molar-refractivity contribution in [2.45, 2.75) is 46.0 Å². The number of guanidine groups is 1. The molecule has 0 aliphatic rings. The van der Waals surface area contributed by atoms with Gasteiger partial charge in [0.05, 0.1) is 24.9 Å². The summed E-state index contributed by atoms with van der Waals surface area (Å²) >= 11 is 1.73. The van der Waals surface area contributed by atoms with Crippen molar-refractivity contribution in [2.24, 2.45) is 4.99 Å². The predicted octanol–water partition coefficient (Wildman–Crippen LogP) is 4.14. The summed E-state index contributed by atoms with van der Waals surface area (Å²) in [6, 6.07) is 6.06. The van der Waals surface area contributed by atoms with Crippen LogP contribution in [0.15, 0.2) is 28.6 Å². The van der Waals surface area contributed by atoms with Crippen LogP contribution in [0.3, 0.4) is 0 Å². The molecule has 2 aromatic rings. The van der Waals surface area contributed by atoms with Crippen LogP contribution in [0.25, 0.3) is 0 Å². The molecule has 0 bridgehead atoms. The van der Waals surface area contributed by atoms with Gasteiger partial charge in [-0.1, -0.05) is 26.8 Å². The van der Waals surface area contributed by atoms with Gasteiger partial charge in [-0.2, -0.15) is 0 Å². The fourth-order valence-electron chi connectivity index (χ4n) is 2.94. The predicted molar refractivity (Wildman–Crippen MR) is 126 cm³/mol. The molecule has 166 valence electrons. The molecule has 0 aliphatic heterocycles. The van der Waals surface area contributed by atoms with Crippen LogP contribution < -0.4 is 14.8 Å². The van der Waals surface area contributed by atoms with Gasteiger partial charge in [-0.05, 0) is 31.0 Å². The van der Waals surface area contributed by atoms with Crippen LogP contribution in [-0.4, -0.2) is 56.7 Å². The highest BCUT2D eigenvalue weighted by atomic mass is 32.1. The summed E-state index contributed by atoms with van der Waals surface area (Å²) in [5.41, 5.74) is 2.45. The second-order valence-electron chi connectivity index (χ2n) is 8.22. The lowest BCUT2D eigenvalue weighted by molar-refractivity contribution is 0.354. The zero-order valence-corrected chi connectivity index (χ0v) is 20.2. The standard InChI is InChI=1S/C23H36N4O2S/c1-8-24-22(25-13-11-21-26-20(16-30-21)23(2,3)4)27(5)14-12-17-9-10-18(28-6)19(15-17)29-7/h9-10,15-16H,8,11-14H2,1-7H3,(H,24,25).